The molecule has 4 rings (SSSR count). The van der Waals surface area contributed by atoms with Crippen molar-refractivity contribution in [1.29, 1.82) is 0 Å². The monoisotopic (exact) mass is 394 g/mol. The number of carbonyl (C=O) groups is 2. The zero-order chi connectivity index (χ0) is 19.5. The molecular formula is C21H18N2O4S. The molecule has 1 atom stereocenters. The van der Waals surface area contributed by atoms with Crippen molar-refractivity contribution in [3.63, 3.8) is 0 Å². The van der Waals surface area contributed by atoms with E-state index in [0.29, 0.717) is 11.4 Å². The van der Waals surface area contributed by atoms with Crippen LogP contribution in [-0.2, 0) is 4.79 Å². The SMILES string of the molecule is COc1ccc(N2C(=O)CS[C@H]2c2ccc(NC(=O)c3ccco3)cc2)cc1. The van der Waals surface area contributed by atoms with Crippen LogP contribution >= 0.6 is 11.8 Å². The van der Waals surface area contributed by atoms with Gasteiger partial charge in [0.2, 0.25) is 5.91 Å². The molecule has 6 nitrogen and oxygen atoms in total. The fourth-order valence-corrected chi connectivity index (χ4v) is 4.20. The largest absolute Gasteiger partial charge is 0.497 e. The average Bonchev–Trinajstić information content (AvgIpc) is 3.39. The van der Waals surface area contributed by atoms with Crippen molar-refractivity contribution in [2.24, 2.45) is 0 Å². The maximum atomic E-state index is 12.5. The molecule has 0 spiro atoms. The molecule has 28 heavy (non-hydrogen) atoms. The third-order valence-electron chi connectivity index (χ3n) is 4.42. The average molecular weight is 394 g/mol. The molecule has 1 aliphatic heterocycles. The number of methoxy groups -OCH3 is 1. The second-order valence-corrected chi connectivity index (χ2v) is 7.25. The summed E-state index contributed by atoms with van der Waals surface area (Å²) < 4.78 is 10.3. The van der Waals surface area contributed by atoms with E-state index in [1.807, 2.05) is 48.5 Å². The summed E-state index contributed by atoms with van der Waals surface area (Å²) in [5.74, 6) is 1.19. The lowest BCUT2D eigenvalue weighted by Gasteiger charge is -2.24. The maximum absolute atomic E-state index is 12.5. The van der Waals surface area contributed by atoms with Gasteiger partial charge in [-0.05, 0) is 54.1 Å². The van der Waals surface area contributed by atoms with Crippen LogP contribution in [0.2, 0.25) is 0 Å². The summed E-state index contributed by atoms with van der Waals surface area (Å²) in [6.07, 6.45) is 1.46. The molecule has 0 unspecified atom stereocenters. The second-order valence-electron chi connectivity index (χ2n) is 6.18. The van der Waals surface area contributed by atoms with Gasteiger partial charge >= 0.3 is 0 Å². The lowest BCUT2D eigenvalue weighted by molar-refractivity contribution is -0.115. The van der Waals surface area contributed by atoms with Gasteiger partial charge in [-0.3, -0.25) is 14.5 Å². The number of amides is 2. The molecule has 2 heterocycles. The molecular weight excluding hydrogens is 376 g/mol. The quantitative estimate of drug-likeness (QED) is 0.698. The van der Waals surface area contributed by atoms with Crippen molar-refractivity contribution in [2.75, 3.05) is 23.1 Å². The predicted molar refractivity (Wildman–Crippen MR) is 109 cm³/mol. The minimum atomic E-state index is -0.303. The highest BCUT2D eigenvalue weighted by molar-refractivity contribution is 8.00. The highest BCUT2D eigenvalue weighted by atomic mass is 32.2. The number of carbonyl (C=O) groups excluding carboxylic acids is 2. The number of hydrogen-bond acceptors (Lipinski definition) is 5. The molecule has 1 saturated heterocycles. The van der Waals surface area contributed by atoms with E-state index in [0.717, 1.165) is 17.0 Å². The summed E-state index contributed by atoms with van der Waals surface area (Å²) in [5.41, 5.74) is 2.48. The molecule has 3 aromatic rings. The van der Waals surface area contributed by atoms with Gasteiger partial charge in [0.25, 0.3) is 5.91 Å². The van der Waals surface area contributed by atoms with Crippen molar-refractivity contribution >= 4 is 35.0 Å². The molecule has 1 aliphatic rings. The predicted octanol–water partition coefficient (Wildman–Crippen LogP) is 4.32. The Hall–Kier alpha value is -3.19. The van der Waals surface area contributed by atoms with Gasteiger partial charge in [-0.25, -0.2) is 0 Å². The van der Waals surface area contributed by atoms with Crippen LogP contribution in [0.5, 0.6) is 5.75 Å². The van der Waals surface area contributed by atoms with Gasteiger partial charge in [-0.15, -0.1) is 11.8 Å². The van der Waals surface area contributed by atoms with Crippen LogP contribution in [0.3, 0.4) is 0 Å². The molecule has 0 bridgehead atoms. The number of ether oxygens (including phenoxy) is 1. The van der Waals surface area contributed by atoms with Crippen LogP contribution in [0, 0.1) is 0 Å². The molecule has 0 aliphatic carbocycles. The standard InChI is InChI=1S/C21H18N2O4S/c1-26-17-10-8-16(9-11-17)23-19(24)13-28-21(23)14-4-6-15(7-5-14)22-20(25)18-3-2-12-27-18/h2-12,21H,13H2,1H3,(H,22,25)/t21-/m0/s1. The Morgan fingerprint density at radius 3 is 2.54 bits per heavy atom. The van der Waals surface area contributed by atoms with E-state index < -0.39 is 0 Å². The van der Waals surface area contributed by atoms with E-state index in [-0.39, 0.29) is 22.9 Å². The molecule has 1 fully saturated rings. The Kier molecular flexibility index (Phi) is 5.08. The summed E-state index contributed by atoms with van der Waals surface area (Å²) in [6, 6.07) is 18.2. The topological polar surface area (TPSA) is 71.8 Å². The number of hydrogen-bond donors (Lipinski definition) is 1. The van der Waals surface area contributed by atoms with Crippen LogP contribution in [0.15, 0.2) is 71.3 Å². The Bertz CT molecular complexity index is 969. The summed E-state index contributed by atoms with van der Waals surface area (Å²) in [6.45, 7) is 0. The van der Waals surface area contributed by atoms with E-state index in [1.54, 1.807) is 35.9 Å². The third kappa shape index (κ3) is 3.61. The van der Waals surface area contributed by atoms with Gasteiger partial charge in [-0.2, -0.15) is 0 Å². The van der Waals surface area contributed by atoms with Crippen molar-refractivity contribution in [3.8, 4) is 5.75 Å². The maximum Gasteiger partial charge on any atom is 0.291 e. The van der Waals surface area contributed by atoms with Crippen LogP contribution in [-0.4, -0.2) is 24.7 Å². The minimum Gasteiger partial charge on any atom is -0.497 e. The van der Waals surface area contributed by atoms with Gasteiger partial charge in [0, 0.05) is 11.4 Å². The smallest absolute Gasteiger partial charge is 0.291 e. The van der Waals surface area contributed by atoms with E-state index in [1.165, 1.54) is 6.26 Å². The van der Waals surface area contributed by atoms with Crippen LogP contribution in [0.1, 0.15) is 21.5 Å². The van der Waals surface area contributed by atoms with Crippen LogP contribution in [0.25, 0.3) is 0 Å². The second kappa shape index (κ2) is 7.82. The van der Waals surface area contributed by atoms with Gasteiger partial charge in [-0.1, -0.05) is 12.1 Å². The molecule has 1 N–H and O–H groups in total. The van der Waals surface area contributed by atoms with Crippen molar-refractivity contribution in [1.82, 2.24) is 0 Å². The van der Waals surface area contributed by atoms with Crippen molar-refractivity contribution in [2.45, 2.75) is 5.37 Å². The fourth-order valence-electron chi connectivity index (χ4n) is 3.02. The van der Waals surface area contributed by atoms with E-state index in [9.17, 15) is 9.59 Å². The van der Waals surface area contributed by atoms with Gasteiger partial charge in [0.15, 0.2) is 5.76 Å². The van der Waals surface area contributed by atoms with Gasteiger partial charge < -0.3 is 14.5 Å². The highest BCUT2D eigenvalue weighted by Gasteiger charge is 2.34. The zero-order valence-corrected chi connectivity index (χ0v) is 15.9. The molecule has 2 aromatic carbocycles. The number of nitrogens with one attached hydrogen (secondary N) is 1. The van der Waals surface area contributed by atoms with Gasteiger partial charge in [0.05, 0.1) is 19.1 Å². The summed E-state index contributed by atoms with van der Waals surface area (Å²) in [5, 5.41) is 2.68. The van der Waals surface area contributed by atoms with E-state index in [2.05, 4.69) is 5.32 Å². The summed E-state index contributed by atoms with van der Waals surface area (Å²) >= 11 is 1.58. The first-order chi connectivity index (χ1) is 13.7. The van der Waals surface area contributed by atoms with Crippen LogP contribution < -0.4 is 15.0 Å². The van der Waals surface area contributed by atoms with Gasteiger partial charge in [0.1, 0.15) is 11.1 Å². The Morgan fingerprint density at radius 1 is 1.14 bits per heavy atom. The van der Waals surface area contributed by atoms with E-state index >= 15 is 0 Å². The number of rotatable bonds is 5. The number of thioether (sulfide) groups is 1. The molecule has 0 saturated carbocycles. The molecule has 1 aromatic heterocycles. The van der Waals surface area contributed by atoms with E-state index in [4.69, 9.17) is 9.15 Å². The van der Waals surface area contributed by atoms with Crippen molar-refractivity contribution < 1.29 is 18.7 Å². The highest BCUT2D eigenvalue weighted by Crippen LogP contribution is 2.42. The molecule has 7 heteroatoms. The number of nitrogens with zero attached hydrogens (tertiary/aromatic N) is 1. The Balaban J connectivity index is 1.52. The zero-order valence-electron chi connectivity index (χ0n) is 15.1. The molecule has 142 valence electrons. The fraction of sp³-hybridized carbons (Fsp3) is 0.143. The number of furan rings is 1. The lowest BCUT2D eigenvalue weighted by atomic mass is 10.1. The number of benzene rings is 2. The van der Waals surface area contributed by atoms with Crippen LogP contribution in [0.4, 0.5) is 11.4 Å². The molecule has 2 amide bonds. The third-order valence-corrected chi connectivity index (χ3v) is 5.63. The first-order valence-electron chi connectivity index (χ1n) is 8.68. The first kappa shape index (κ1) is 18.2. The Labute approximate surface area is 166 Å². The number of anilines is 2. The molecule has 0 radical (unpaired) electrons. The summed E-state index contributed by atoms with van der Waals surface area (Å²) in [4.78, 5) is 26.3. The lowest BCUT2D eigenvalue weighted by Crippen LogP contribution is -2.27. The Morgan fingerprint density at radius 2 is 1.89 bits per heavy atom. The summed E-state index contributed by atoms with van der Waals surface area (Å²) in [7, 11) is 1.61. The first-order valence-corrected chi connectivity index (χ1v) is 9.73. The van der Waals surface area contributed by atoms with Crippen molar-refractivity contribution in [3.05, 3.63) is 78.3 Å². The normalized spacial score (nSPS) is 16.2. The minimum absolute atomic E-state index is 0.0652.